The van der Waals surface area contributed by atoms with Gasteiger partial charge in [-0.05, 0) is 54.8 Å². The van der Waals surface area contributed by atoms with Gasteiger partial charge in [0.05, 0.1) is 4.88 Å². The molecule has 1 aromatic carbocycles. The third-order valence-corrected chi connectivity index (χ3v) is 5.73. The maximum absolute atomic E-state index is 13.8. The highest BCUT2D eigenvalue weighted by molar-refractivity contribution is 7.12. The lowest BCUT2D eigenvalue weighted by atomic mass is 9.97. The van der Waals surface area contributed by atoms with Crippen molar-refractivity contribution >= 4 is 17.2 Å². The monoisotopic (exact) mass is 360 g/mol. The Morgan fingerprint density at radius 2 is 2.16 bits per heavy atom. The van der Waals surface area contributed by atoms with E-state index in [0.29, 0.717) is 5.92 Å². The third-order valence-electron chi connectivity index (χ3n) is 4.87. The zero-order valence-electron chi connectivity index (χ0n) is 14.7. The van der Waals surface area contributed by atoms with Crippen molar-refractivity contribution in [1.82, 2.24) is 9.80 Å². The SMILES string of the molecule is CN(C[C@H]1CCCN(CCc2ccccc2F)C1)C(=O)c1cccs1. The molecule has 5 heteroatoms. The first-order chi connectivity index (χ1) is 12.1. The predicted octanol–water partition coefficient (Wildman–Crippen LogP) is 3.91. The van der Waals surface area contributed by atoms with Crippen LogP contribution in [0.4, 0.5) is 4.39 Å². The number of nitrogens with zero attached hydrogens (tertiary/aromatic N) is 2. The van der Waals surface area contributed by atoms with E-state index in [1.807, 2.05) is 41.6 Å². The zero-order chi connectivity index (χ0) is 17.6. The van der Waals surface area contributed by atoms with E-state index in [0.717, 1.165) is 55.9 Å². The Morgan fingerprint density at radius 1 is 1.32 bits per heavy atom. The summed E-state index contributed by atoms with van der Waals surface area (Å²) in [7, 11) is 1.89. The van der Waals surface area contributed by atoms with E-state index < -0.39 is 0 Å². The molecule has 0 bridgehead atoms. The molecule has 2 aromatic rings. The van der Waals surface area contributed by atoms with Crippen LogP contribution in [0, 0.1) is 11.7 Å². The summed E-state index contributed by atoms with van der Waals surface area (Å²) in [6, 6.07) is 10.8. The number of carbonyl (C=O) groups excluding carboxylic acids is 1. The summed E-state index contributed by atoms with van der Waals surface area (Å²) in [5.74, 6) is 0.485. The van der Waals surface area contributed by atoms with Crippen molar-refractivity contribution in [3.8, 4) is 0 Å². The molecule has 0 saturated carbocycles. The van der Waals surface area contributed by atoms with Crippen molar-refractivity contribution in [2.45, 2.75) is 19.3 Å². The molecule has 134 valence electrons. The molecular weight excluding hydrogens is 335 g/mol. The van der Waals surface area contributed by atoms with Gasteiger partial charge >= 0.3 is 0 Å². The lowest BCUT2D eigenvalue weighted by Gasteiger charge is -2.34. The quantitative estimate of drug-likeness (QED) is 0.780. The second-order valence-corrected chi connectivity index (χ2v) is 7.76. The van der Waals surface area contributed by atoms with Crippen molar-refractivity contribution in [3.05, 3.63) is 58.0 Å². The number of amides is 1. The van der Waals surface area contributed by atoms with Gasteiger partial charge in [-0.3, -0.25) is 4.79 Å². The van der Waals surface area contributed by atoms with Gasteiger partial charge in [-0.25, -0.2) is 4.39 Å². The Bertz CT molecular complexity index is 689. The van der Waals surface area contributed by atoms with Crippen molar-refractivity contribution < 1.29 is 9.18 Å². The van der Waals surface area contributed by atoms with Crippen molar-refractivity contribution in [2.24, 2.45) is 5.92 Å². The minimum Gasteiger partial charge on any atom is -0.341 e. The predicted molar refractivity (Wildman–Crippen MR) is 101 cm³/mol. The van der Waals surface area contributed by atoms with Crippen LogP contribution in [-0.2, 0) is 6.42 Å². The molecule has 0 unspecified atom stereocenters. The average Bonchev–Trinajstić information content (AvgIpc) is 3.15. The Kier molecular flexibility index (Phi) is 6.21. The van der Waals surface area contributed by atoms with E-state index in [1.54, 1.807) is 6.07 Å². The van der Waals surface area contributed by atoms with Gasteiger partial charge in [0.2, 0.25) is 0 Å². The zero-order valence-corrected chi connectivity index (χ0v) is 15.5. The van der Waals surface area contributed by atoms with E-state index in [-0.39, 0.29) is 11.7 Å². The van der Waals surface area contributed by atoms with Crippen molar-refractivity contribution in [1.29, 1.82) is 0 Å². The molecule has 1 amide bonds. The second kappa shape index (κ2) is 8.59. The van der Waals surface area contributed by atoms with Crippen LogP contribution < -0.4 is 0 Å². The lowest BCUT2D eigenvalue weighted by Crippen LogP contribution is -2.42. The van der Waals surface area contributed by atoms with E-state index in [9.17, 15) is 9.18 Å². The molecule has 0 spiro atoms. The summed E-state index contributed by atoms with van der Waals surface area (Å²) in [6.45, 7) is 3.71. The molecule has 3 rings (SSSR count). The molecular formula is C20H25FN2OS. The van der Waals surface area contributed by atoms with Gasteiger partial charge in [-0.1, -0.05) is 24.3 Å². The Morgan fingerprint density at radius 3 is 2.92 bits per heavy atom. The summed E-state index contributed by atoms with van der Waals surface area (Å²) in [6.07, 6.45) is 3.03. The van der Waals surface area contributed by atoms with Crippen LogP contribution >= 0.6 is 11.3 Å². The molecule has 1 aliphatic rings. The fourth-order valence-corrected chi connectivity index (χ4v) is 4.26. The number of benzene rings is 1. The standard InChI is InChI=1S/C20H25FN2OS/c1-22(20(24)19-9-5-13-25-19)14-16-6-4-11-23(15-16)12-10-17-7-2-3-8-18(17)21/h2-3,5,7-9,13,16H,4,6,10-12,14-15H2,1H3/t16-/m1/s1. The van der Waals surface area contributed by atoms with Crippen LogP contribution in [0.1, 0.15) is 28.1 Å². The highest BCUT2D eigenvalue weighted by atomic mass is 32.1. The van der Waals surface area contributed by atoms with Crippen molar-refractivity contribution in [3.63, 3.8) is 0 Å². The summed E-state index contributed by atoms with van der Waals surface area (Å²) in [4.78, 5) is 17.4. The van der Waals surface area contributed by atoms with Gasteiger partial charge in [0.1, 0.15) is 5.82 Å². The van der Waals surface area contributed by atoms with Crippen LogP contribution in [0.15, 0.2) is 41.8 Å². The fraction of sp³-hybridized carbons (Fsp3) is 0.450. The van der Waals surface area contributed by atoms with Gasteiger partial charge in [-0.15, -0.1) is 11.3 Å². The van der Waals surface area contributed by atoms with Crippen LogP contribution in [0.25, 0.3) is 0 Å². The maximum atomic E-state index is 13.8. The normalized spacial score (nSPS) is 18.2. The third kappa shape index (κ3) is 4.89. The van der Waals surface area contributed by atoms with Crippen molar-refractivity contribution in [2.75, 3.05) is 33.2 Å². The Hall–Kier alpha value is -1.72. The topological polar surface area (TPSA) is 23.6 Å². The van der Waals surface area contributed by atoms with Gasteiger partial charge < -0.3 is 9.80 Å². The number of rotatable bonds is 6. The molecule has 2 heterocycles. The summed E-state index contributed by atoms with van der Waals surface area (Å²) in [5.41, 5.74) is 0.787. The number of hydrogen-bond donors (Lipinski definition) is 0. The van der Waals surface area contributed by atoms with Crippen LogP contribution in [0.3, 0.4) is 0 Å². The average molecular weight is 360 g/mol. The lowest BCUT2D eigenvalue weighted by molar-refractivity contribution is 0.0735. The van der Waals surface area contributed by atoms with E-state index >= 15 is 0 Å². The molecule has 3 nitrogen and oxygen atoms in total. The highest BCUT2D eigenvalue weighted by Gasteiger charge is 2.23. The number of hydrogen-bond acceptors (Lipinski definition) is 3. The highest BCUT2D eigenvalue weighted by Crippen LogP contribution is 2.20. The van der Waals surface area contributed by atoms with Gasteiger partial charge in [-0.2, -0.15) is 0 Å². The molecule has 0 N–H and O–H groups in total. The molecule has 1 saturated heterocycles. The molecule has 0 aliphatic carbocycles. The van der Waals surface area contributed by atoms with E-state index in [2.05, 4.69) is 4.90 Å². The molecule has 1 atom stereocenters. The first-order valence-corrected chi connectivity index (χ1v) is 9.76. The minimum absolute atomic E-state index is 0.110. The smallest absolute Gasteiger partial charge is 0.263 e. The summed E-state index contributed by atoms with van der Waals surface area (Å²) < 4.78 is 13.8. The van der Waals surface area contributed by atoms with Gasteiger partial charge in [0.25, 0.3) is 5.91 Å². The number of piperidine rings is 1. The number of likely N-dealkylation sites (tertiary alicyclic amines) is 1. The van der Waals surface area contributed by atoms with Crippen LogP contribution in [-0.4, -0.2) is 48.9 Å². The molecule has 1 fully saturated rings. The molecule has 25 heavy (non-hydrogen) atoms. The largest absolute Gasteiger partial charge is 0.341 e. The van der Waals surface area contributed by atoms with Crippen LogP contribution in [0.5, 0.6) is 0 Å². The Balaban J connectivity index is 1.49. The Labute approximate surface area is 153 Å². The molecule has 1 aromatic heterocycles. The number of thiophene rings is 1. The van der Waals surface area contributed by atoms with Crippen LogP contribution in [0.2, 0.25) is 0 Å². The van der Waals surface area contributed by atoms with E-state index in [1.165, 1.54) is 17.4 Å². The second-order valence-electron chi connectivity index (χ2n) is 6.81. The summed E-state index contributed by atoms with van der Waals surface area (Å²) >= 11 is 1.49. The first kappa shape index (κ1) is 18.1. The van der Waals surface area contributed by atoms with E-state index in [4.69, 9.17) is 0 Å². The van der Waals surface area contributed by atoms with Gasteiger partial charge in [0, 0.05) is 26.7 Å². The molecule has 0 radical (unpaired) electrons. The van der Waals surface area contributed by atoms with Gasteiger partial charge in [0.15, 0.2) is 0 Å². The minimum atomic E-state index is -0.114. The first-order valence-electron chi connectivity index (χ1n) is 8.88. The molecule has 1 aliphatic heterocycles. The number of carbonyl (C=O) groups is 1. The summed E-state index contributed by atoms with van der Waals surface area (Å²) in [5, 5.41) is 1.94. The fourth-order valence-electron chi connectivity index (χ4n) is 3.54. The maximum Gasteiger partial charge on any atom is 0.263 e. The number of halogens is 1.